The van der Waals surface area contributed by atoms with E-state index in [9.17, 15) is 14.3 Å². The zero-order chi connectivity index (χ0) is 15.6. The van der Waals surface area contributed by atoms with Gasteiger partial charge < -0.3 is 9.84 Å². The first-order chi connectivity index (χ1) is 8.99. The van der Waals surface area contributed by atoms with E-state index in [0.29, 0.717) is 0 Å². The number of ether oxygens (including phenoxy) is 1. The van der Waals surface area contributed by atoms with Crippen LogP contribution < -0.4 is 4.90 Å². The number of hydrogen-bond acceptors (Lipinski definition) is 3. The molecule has 4 nitrogen and oxygen atoms in total. The van der Waals surface area contributed by atoms with Gasteiger partial charge in [0.2, 0.25) is 0 Å². The number of nitrogens with zero attached hydrogens (tertiary/aromatic N) is 1. The molecule has 0 heterocycles. The quantitative estimate of drug-likeness (QED) is 0.925. The third-order valence-electron chi connectivity index (χ3n) is 2.30. The summed E-state index contributed by atoms with van der Waals surface area (Å²) in [6.45, 7) is 8.22. The Kier molecular flexibility index (Phi) is 4.76. The number of amides is 1. The summed E-state index contributed by atoms with van der Waals surface area (Å²) in [7, 11) is 0. The molecular weight excluding hydrogens is 261 g/mol. The number of rotatable bonds is 3. The standard InChI is InChI=1S/C15H22FNO3/c1-14(2,3)20-13(18)17(10-15(4,5)19)12-9-7-6-8-11(12)16/h6-9,19H,10H2,1-5H3. The molecule has 0 aliphatic rings. The van der Waals surface area contributed by atoms with Crippen LogP contribution in [0, 0.1) is 5.82 Å². The lowest BCUT2D eigenvalue weighted by atomic mass is 10.1. The Morgan fingerprint density at radius 3 is 2.25 bits per heavy atom. The molecule has 1 rings (SSSR count). The smallest absolute Gasteiger partial charge is 0.414 e. The molecule has 0 saturated heterocycles. The van der Waals surface area contributed by atoms with Gasteiger partial charge in [0.15, 0.2) is 0 Å². The second-order valence-corrected chi connectivity index (χ2v) is 6.33. The molecule has 112 valence electrons. The summed E-state index contributed by atoms with van der Waals surface area (Å²) in [6, 6.07) is 5.90. The minimum atomic E-state index is -1.17. The molecule has 0 unspecified atom stereocenters. The molecule has 1 N–H and O–H groups in total. The van der Waals surface area contributed by atoms with Gasteiger partial charge in [0.25, 0.3) is 0 Å². The normalized spacial score (nSPS) is 12.2. The van der Waals surface area contributed by atoms with Crippen molar-refractivity contribution in [2.75, 3.05) is 11.4 Å². The number of hydrogen-bond donors (Lipinski definition) is 1. The highest BCUT2D eigenvalue weighted by atomic mass is 19.1. The maximum absolute atomic E-state index is 13.9. The SMILES string of the molecule is CC(C)(O)CN(C(=O)OC(C)(C)C)c1ccccc1F. The van der Waals surface area contributed by atoms with Crippen molar-refractivity contribution in [3.05, 3.63) is 30.1 Å². The number of carbonyl (C=O) groups excluding carboxylic acids is 1. The highest BCUT2D eigenvalue weighted by Gasteiger charge is 2.29. The highest BCUT2D eigenvalue weighted by Crippen LogP contribution is 2.23. The second-order valence-electron chi connectivity index (χ2n) is 6.33. The van der Waals surface area contributed by atoms with Crippen LogP contribution in [-0.2, 0) is 4.74 Å². The largest absolute Gasteiger partial charge is 0.443 e. The van der Waals surface area contributed by atoms with Gasteiger partial charge in [-0.1, -0.05) is 12.1 Å². The summed E-state index contributed by atoms with van der Waals surface area (Å²) in [4.78, 5) is 13.3. The van der Waals surface area contributed by atoms with E-state index in [2.05, 4.69) is 0 Å². The minimum Gasteiger partial charge on any atom is -0.443 e. The molecule has 0 radical (unpaired) electrons. The van der Waals surface area contributed by atoms with Crippen molar-refractivity contribution < 1.29 is 19.0 Å². The molecule has 1 aromatic rings. The van der Waals surface area contributed by atoms with Crippen LogP contribution in [0.1, 0.15) is 34.6 Å². The van der Waals surface area contributed by atoms with Crippen molar-refractivity contribution in [3.63, 3.8) is 0 Å². The lowest BCUT2D eigenvalue weighted by Crippen LogP contribution is -2.45. The lowest BCUT2D eigenvalue weighted by molar-refractivity contribution is 0.0478. The fourth-order valence-corrected chi connectivity index (χ4v) is 1.62. The molecule has 0 aliphatic carbocycles. The fourth-order valence-electron chi connectivity index (χ4n) is 1.62. The van der Waals surface area contributed by atoms with Crippen LogP contribution in [0.15, 0.2) is 24.3 Å². The zero-order valence-corrected chi connectivity index (χ0v) is 12.6. The maximum atomic E-state index is 13.9. The van der Waals surface area contributed by atoms with Crippen molar-refractivity contribution in [1.29, 1.82) is 0 Å². The Hall–Kier alpha value is -1.62. The molecule has 20 heavy (non-hydrogen) atoms. The van der Waals surface area contributed by atoms with Crippen LogP contribution in [0.3, 0.4) is 0 Å². The van der Waals surface area contributed by atoms with Crippen LogP contribution in [0.25, 0.3) is 0 Å². The zero-order valence-electron chi connectivity index (χ0n) is 12.6. The number of halogens is 1. The third kappa shape index (κ3) is 5.17. The van der Waals surface area contributed by atoms with E-state index in [1.165, 1.54) is 18.2 Å². The van der Waals surface area contributed by atoms with Gasteiger partial charge in [-0.3, -0.25) is 4.90 Å². The van der Waals surface area contributed by atoms with Gasteiger partial charge in [0, 0.05) is 0 Å². The van der Waals surface area contributed by atoms with Crippen LogP contribution in [-0.4, -0.2) is 28.9 Å². The fraction of sp³-hybridized carbons (Fsp3) is 0.533. The summed E-state index contributed by atoms with van der Waals surface area (Å²) in [5, 5.41) is 9.92. The molecule has 1 amide bonds. The summed E-state index contributed by atoms with van der Waals surface area (Å²) >= 11 is 0. The van der Waals surface area contributed by atoms with Gasteiger partial charge in [-0.25, -0.2) is 9.18 Å². The summed E-state index contributed by atoms with van der Waals surface area (Å²) < 4.78 is 19.1. The molecular formula is C15H22FNO3. The Labute approximate surface area is 119 Å². The van der Waals surface area contributed by atoms with Gasteiger partial charge in [-0.05, 0) is 46.8 Å². The van der Waals surface area contributed by atoms with E-state index >= 15 is 0 Å². The van der Waals surface area contributed by atoms with Gasteiger partial charge in [-0.15, -0.1) is 0 Å². The first-order valence-electron chi connectivity index (χ1n) is 6.47. The predicted molar refractivity (Wildman–Crippen MR) is 76.3 cm³/mol. The van der Waals surface area contributed by atoms with E-state index in [4.69, 9.17) is 4.74 Å². The number of aliphatic hydroxyl groups is 1. The summed E-state index contributed by atoms with van der Waals surface area (Å²) in [5.41, 5.74) is -1.77. The van der Waals surface area contributed by atoms with Crippen molar-refractivity contribution in [2.45, 2.75) is 45.8 Å². The molecule has 0 saturated carbocycles. The number of para-hydroxylation sites is 1. The van der Waals surface area contributed by atoms with Gasteiger partial charge in [-0.2, -0.15) is 0 Å². The van der Waals surface area contributed by atoms with Crippen molar-refractivity contribution in [3.8, 4) is 0 Å². The molecule has 0 fully saturated rings. The van der Waals surface area contributed by atoms with E-state index in [1.54, 1.807) is 40.7 Å². The van der Waals surface area contributed by atoms with Crippen LogP contribution in [0.5, 0.6) is 0 Å². The number of anilines is 1. The summed E-state index contributed by atoms with van der Waals surface area (Å²) in [6.07, 6.45) is -0.690. The predicted octanol–water partition coefficient (Wildman–Crippen LogP) is 3.34. The van der Waals surface area contributed by atoms with Gasteiger partial charge in [0.1, 0.15) is 11.4 Å². The van der Waals surface area contributed by atoms with Gasteiger partial charge >= 0.3 is 6.09 Å². The first kappa shape index (κ1) is 16.4. The second kappa shape index (κ2) is 5.79. The molecule has 0 bridgehead atoms. The molecule has 0 atom stereocenters. The molecule has 0 aromatic heterocycles. The average Bonchev–Trinajstić information content (AvgIpc) is 2.23. The molecule has 1 aromatic carbocycles. The third-order valence-corrected chi connectivity index (χ3v) is 2.30. The number of carbonyl (C=O) groups is 1. The summed E-state index contributed by atoms with van der Waals surface area (Å²) in [5.74, 6) is -0.539. The first-order valence-corrected chi connectivity index (χ1v) is 6.47. The topological polar surface area (TPSA) is 49.8 Å². The Morgan fingerprint density at radius 2 is 1.80 bits per heavy atom. The minimum absolute atomic E-state index is 0.0666. The number of benzene rings is 1. The van der Waals surface area contributed by atoms with E-state index < -0.39 is 23.1 Å². The highest BCUT2D eigenvalue weighted by molar-refractivity contribution is 5.88. The Balaban J connectivity index is 3.10. The molecule has 5 heteroatoms. The average molecular weight is 283 g/mol. The monoisotopic (exact) mass is 283 g/mol. The maximum Gasteiger partial charge on any atom is 0.414 e. The van der Waals surface area contributed by atoms with Crippen LogP contribution >= 0.6 is 0 Å². The van der Waals surface area contributed by atoms with Crippen molar-refractivity contribution in [2.24, 2.45) is 0 Å². The van der Waals surface area contributed by atoms with E-state index in [1.807, 2.05) is 0 Å². The Morgan fingerprint density at radius 1 is 1.25 bits per heavy atom. The lowest BCUT2D eigenvalue weighted by Gasteiger charge is -2.31. The van der Waals surface area contributed by atoms with E-state index in [-0.39, 0.29) is 12.2 Å². The molecule has 0 spiro atoms. The molecule has 0 aliphatic heterocycles. The van der Waals surface area contributed by atoms with Crippen molar-refractivity contribution >= 4 is 11.8 Å². The van der Waals surface area contributed by atoms with Crippen LogP contribution in [0.4, 0.5) is 14.9 Å². The Bertz CT molecular complexity index is 475. The van der Waals surface area contributed by atoms with Gasteiger partial charge in [0.05, 0.1) is 17.8 Å². The van der Waals surface area contributed by atoms with Crippen molar-refractivity contribution in [1.82, 2.24) is 0 Å². The van der Waals surface area contributed by atoms with Crippen LogP contribution in [0.2, 0.25) is 0 Å². The van der Waals surface area contributed by atoms with E-state index in [0.717, 1.165) is 4.90 Å².